The van der Waals surface area contributed by atoms with Crippen LogP contribution in [0.15, 0.2) is 42.5 Å². The summed E-state index contributed by atoms with van der Waals surface area (Å²) in [7, 11) is 1.59. The summed E-state index contributed by atoms with van der Waals surface area (Å²) in [6, 6.07) is 12.3. The van der Waals surface area contributed by atoms with Gasteiger partial charge in [0.25, 0.3) is 5.91 Å². The molecule has 0 aliphatic rings. The summed E-state index contributed by atoms with van der Waals surface area (Å²) in [5.74, 6) is 0.483. The Labute approximate surface area is 122 Å². The Morgan fingerprint density at radius 3 is 2.75 bits per heavy atom. The lowest BCUT2D eigenvalue weighted by Crippen LogP contribution is -2.23. The molecule has 5 heteroatoms. The first kappa shape index (κ1) is 14.2. The lowest BCUT2D eigenvalue weighted by Gasteiger charge is -2.10. The molecule has 2 aromatic carbocycles. The van der Waals surface area contributed by atoms with Crippen LogP contribution >= 0.6 is 11.6 Å². The maximum atomic E-state index is 12.1. The summed E-state index contributed by atoms with van der Waals surface area (Å²) in [6.07, 6.45) is 0. The molecule has 0 aromatic heterocycles. The topological polar surface area (TPSA) is 64.3 Å². The summed E-state index contributed by atoms with van der Waals surface area (Å²) in [6.45, 7) is 0.365. The first-order valence-corrected chi connectivity index (χ1v) is 6.44. The average Bonchev–Trinajstić information content (AvgIpc) is 2.45. The third-order valence-electron chi connectivity index (χ3n) is 2.87. The fraction of sp³-hybridized carbons (Fsp3) is 0.133. The molecule has 0 radical (unpaired) electrons. The van der Waals surface area contributed by atoms with E-state index in [-0.39, 0.29) is 5.91 Å². The number of carbonyl (C=O) groups excluding carboxylic acids is 1. The van der Waals surface area contributed by atoms with Crippen molar-refractivity contribution in [3.8, 4) is 5.75 Å². The van der Waals surface area contributed by atoms with Crippen LogP contribution in [0, 0.1) is 0 Å². The first-order chi connectivity index (χ1) is 9.61. The molecule has 104 valence electrons. The second-order valence-electron chi connectivity index (χ2n) is 4.23. The Bertz CT molecular complexity index is 629. The summed E-state index contributed by atoms with van der Waals surface area (Å²) < 4.78 is 5.23. The molecule has 2 aromatic rings. The van der Waals surface area contributed by atoms with Gasteiger partial charge in [-0.2, -0.15) is 0 Å². The Balaban J connectivity index is 2.09. The number of amides is 1. The zero-order chi connectivity index (χ0) is 14.5. The highest BCUT2D eigenvalue weighted by atomic mass is 35.5. The SMILES string of the molecule is COc1ccccc1CNC(=O)c1ccc(N)cc1Cl. The summed E-state index contributed by atoms with van der Waals surface area (Å²) in [5.41, 5.74) is 7.42. The summed E-state index contributed by atoms with van der Waals surface area (Å²) >= 11 is 6.00. The lowest BCUT2D eigenvalue weighted by atomic mass is 10.1. The predicted molar refractivity (Wildman–Crippen MR) is 80.0 cm³/mol. The molecule has 0 spiro atoms. The number of rotatable bonds is 4. The molecule has 0 aliphatic heterocycles. The van der Waals surface area contributed by atoms with E-state index in [1.165, 1.54) is 0 Å². The Hall–Kier alpha value is -2.20. The molecule has 0 atom stereocenters. The molecule has 0 saturated heterocycles. The van der Waals surface area contributed by atoms with E-state index in [9.17, 15) is 4.79 Å². The fourth-order valence-electron chi connectivity index (χ4n) is 1.84. The van der Waals surface area contributed by atoms with Gasteiger partial charge in [0.2, 0.25) is 0 Å². The van der Waals surface area contributed by atoms with Crippen molar-refractivity contribution in [2.24, 2.45) is 0 Å². The van der Waals surface area contributed by atoms with Gasteiger partial charge in [0.05, 0.1) is 17.7 Å². The van der Waals surface area contributed by atoms with Gasteiger partial charge in [-0.05, 0) is 24.3 Å². The fourth-order valence-corrected chi connectivity index (χ4v) is 2.11. The quantitative estimate of drug-likeness (QED) is 0.851. The van der Waals surface area contributed by atoms with Gasteiger partial charge in [0, 0.05) is 17.8 Å². The van der Waals surface area contributed by atoms with Crippen molar-refractivity contribution in [3.05, 3.63) is 58.6 Å². The molecule has 0 aliphatic carbocycles. The number of halogens is 1. The number of para-hydroxylation sites is 1. The van der Waals surface area contributed by atoms with Gasteiger partial charge in [-0.3, -0.25) is 4.79 Å². The van der Waals surface area contributed by atoms with E-state index in [1.54, 1.807) is 25.3 Å². The van der Waals surface area contributed by atoms with E-state index >= 15 is 0 Å². The third kappa shape index (κ3) is 3.22. The van der Waals surface area contributed by atoms with Crippen molar-refractivity contribution >= 4 is 23.2 Å². The number of methoxy groups -OCH3 is 1. The molecule has 0 unspecified atom stereocenters. The average molecular weight is 291 g/mol. The highest BCUT2D eigenvalue weighted by Crippen LogP contribution is 2.20. The number of anilines is 1. The number of ether oxygens (including phenoxy) is 1. The van der Waals surface area contributed by atoms with E-state index in [4.69, 9.17) is 22.1 Å². The minimum Gasteiger partial charge on any atom is -0.496 e. The normalized spacial score (nSPS) is 10.1. The molecule has 2 rings (SSSR count). The monoisotopic (exact) mass is 290 g/mol. The van der Waals surface area contributed by atoms with Crippen LogP contribution in [0.25, 0.3) is 0 Å². The first-order valence-electron chi connectivity index (χ1n) is 6.07. The van der Waals surface area contributed by atoms with Crippen LogP contribution in [-0.2, 0) is 6.54 Å². The molecule has 1 amide bonds. The van der Waals surface area contributed by atoms with Crippen molar-refractivity contribution in [2.75, 3.05) is 12.8 Å². The Kier molecular flexibility index (Phi) is 4.48. The second-order valence-corrected chi connectivity index (χ2v) is 4.64. The molecule has 3 N–H and O–H groups in total. The minimum absolute atomic E-state index is 0.249. The summed E-state index contributed by atoms with van der Waals surface area (Å²) in [4.78, 5) is 12.1. The predicted octanol–water partition coefficient (Wildman–Crippen LogP) is 2.86. The molecule has 0 fully saturated rings. The van der Waals surface area contributed by atoms with Crippen LogP contribution in [-0.4, -0.2) is 13.0 Å². The number of benzene rings is 2. The van der Waals surface area contributed by atoms with E-state index in [0.717, 1.165) is 11.3 Å². The van der Waals surface area contributed by atoms with Crippen molar-refractivity contribution < 1.29 is 9.53 Å². The van der Waals surface area contributed by atoms with Crippen LogP contribution in [0.1, 0.15) is 15.9 Å². The van der Waals surface area contributed by atoms with Crippen LogP contribution < -0.4 is 15.8 Å². The van der Waals surface area contributed by atoms with Gasteiger partial charge < -0.3 is 15.8 Å². The Morgan fingerprint density at radius 1 is 1.30 bits per heavy atom. The van der Waals surface area contributed by atoms with Gasteiger partial charge >= 0.3 is 0 Å². The van der Waals surface area contributed by atoms with Gasteiger partial charge in [-0.15, -0.1) is 0 Å². The van der Waals surface area contributed by atoms with Gasteiger partial charge in [-0.1, -0.05) is 29.8 Å². The van der Waals surface area contributed by atoms with Crippen LogP contribution in [0.5, 0.6) is 5.75 Å². The van der Waals surface area contributed by atoms with E-state index in [2.05, 4.69) is 5.32 Å². The minimum atomic E-state index is -0.249. The maximum Gasteiger partial charge on any atom is 0.253 e. The van der Waals surface area contributed by atoms with Crippen molar-refractivity contribution in [1.29, 1.82) is 0 Å². The van der Waals surface area contributed by atoms with Gasteiger partial charge in [0.1, 0.15) is 5.75 Å². The number of hydrogen-bond acceptors (Lipinski definition) is 3. The number of hydrogen-bond donors (Lipinski definition) is 2. The van der Waals surface area contributed by atoms with Crippen LogP contribution in [0.3, 0.4) is 0 Å². The highest BCUT2D eigenvalue weighted by Gasteiger charge is 2.11. The van der Waals surface area contributed by atoms with Crippen LogP contribution in [0.4, 0.5) is 5.69 Å². The molecule has 4 nitrogen and oxygen atoms in total. The molecule has 0 saturated carbocycles. The van der Waals surface area contributed by atoms with Crippen LogP contribution in [0.2, 0.25) is 5.02 Å². The molecule has 20 heavy (non-hydrogen) atoms. The lowest BCUT2D eigenvalue weighted by molar-refractivity contribution is 0.0951. The summed E-state index contributed by atoms with van der Waals surface area (Å²) in [5, 5.41) is 3.14. The standard InChI is InChI=1S/C15H15ClN2O2/c1-20-14-5-3-2-4-10(14)9-18-15(19)12-7-6-11(17)8-13(12)16/h2-8H,9,17H2,1H3,(H,18,19). The molecular formula is C15H15ClN2O2. The van der Waals surface area contributed by atoms with Crippen molar-refractivity contribution in [1.82, 2.24) is 5.32 Å². The highest BCUT2D eigenvalue weighted by molar-refractivity contribution is 6.34. The Morgan fingerprint density at radius 2 is 2.05 bits per heavy atom. The largest absolute Gasteiger partial charge is 0.496 e. The van der Waals surface area contributed by atoms with E-state index in [0.29, 0.717) is 22.8 Å². The molecular weight excluding hydrogens is 276 g/mol. The number of nitrogens with one attached hydrogen (secondary N) is 1. The molecule has 0 bridgehead atoms. The zero-order valence-electron chi connectivity index (χ0n) is 11.0. The van der Waals surface area contributed by atoms with Crippen molar-refractivity contribution in [2.45, 2.75) is 6.54 Å². The zero-order valence-corrected chi connectivity index (χ0v) is 11.8. The van der Waals surface area contributed by atoms with Crippen molar-refractivity contribution in [3.63, 3.8) is 0 Å². The number of carbonyl (C=O) groups is 1. The van der Waals surface area contributed by atoms with Gasteiger partial charge in [0.15, 0.2) is 0 Å². The van der Waals surface area contributed by atoms with Gasteiger partial charge in [-0.25, -0.2) is 0 Å². The second kappa shape index (κ2) is 6.30. The third-order valence-corrected chi connectivity index (χ3v) is 3.18. The maximum absolute atomic E-state index is 12.1. The number of nitrogen functional groups attached to an aromatic ring is 1. The molecule has 0 heterocycles. The van der Waals surface area contributed by atoms with E-state index < -0.39 is 0 Å². The smallest absolute Gasteiger partial charge is 0.253 e. The number of nitrogens with two attached hydrogens (primary N) is 1. The van der Waals surface area contributed by atoms with E-state index in [1.807, 2.05) is 24.3 Å².